The summed E-state index contributed by atoms with van der Waals surface area (Å²) in [6.07, 6.45) is 4.57. The number of sulfonamides is 2. The van der Waals surface area contributed by atoms with E-state index in [2.05, 4.69) is 9.44 Å². The molecule has 1 atom stereocenters. The molecule has 36 heavy (non-hydrogen) atoms. The average Bonchev–Trinajstić information content (AvgIpc) is 2.83. The number of carbonyl (C=O) groups excluding carboxylic acids is 1. The predicted octanol–water partition coefficient (Wildman–Crippen LogP) is 3.19. The van der Waals surface area contributed by atoms with Gasteiger partial charge in [0.25, 0.3) is 0 Å². The van der Waals surface area contributed by atoms with Crippen LogP contribution in [0.4, 0.5) is 11.4 Å². The van der Waals surface area contributed by atoms with E-state index in [1.54, 1.807) is 19.1 Å². The zero-order valence-corrected chi connectivity index (χ0v) is 22.2. The lowest BCUT2D eigenvalue weighted by atomic mass is 9.88. The molecule has 2 N–H and O–H groups in total. The fraction of sp³-hybridized carbons (Fsp3) is 0.480. The Morgan fingerprint density at radius 3 is 2.47 bits per heavy atom. The first-order chi connectivity index (χ1) is 17.1. The quantitative estimate of drug-likeness (QED) is 0.498. The Bertz CT molecular complexity index is 1320. The molecule has 2 aromatic rings. The fourth-order valence-corrected chi connectivity index (χ4v) is 7.07. The van der Waals surface area contributed by atoms with Gasteiger partial charge in [-0.2, -0.15) is 0 Å². The Morgan fingerprint density at radius 1 is 1.06 bits per heavy atom. The number of hydrogen-bond acceptors (Lipinski definition) is 7. The van der Waals surface area contributed by atoms with Crippen molar-refractivity contribution in [3.63, 3.8) is 0 Å². The Balaban J connectivity index is 1.65. The number of fused-ring (bicyclic) bond motifs is 1. The first-order valence-electron chi connectivity index (χ1n) is 12.2. The minimum atomic E-state index is -4.02. The monoisotopic (exact) mass is 535 g/mol. The smallest absolute Gasteiger partial charge is 0.309 e. The van der Waals surface area contributed by atoms with Crippen molar-refractivity contribution in [1.82, 2.24) is 4.72 Å². The molecule has 0 bridgehead atoms. The van der Waals surface area contributed by atoms with Crippen LogP contribution in [0.25, 0.3) is 0 Å². The van der Waals surface area contributed by atoms with Gasteiger partial charge in [0.15, 0.2) is 0 Å². The molecule has 2 aliphatic rings. The van der Waals surface area contributed by atoms with E-state index in [0.717, 1.165) is 30.2 Å². The lowest BCUT2D eigenvalue weighted by Crippen LogP contribution is -2.38. The highest BCUT2D eigenvalue weighted by atomic mass is 32.2. The average molecular weight is 536 g/mol. The Morgan fingerprint density at radius 2 is 1.78 bits per heavy atom. The molecule has 1 aliphatic carbocycles. The summed E-state index contributed by atoms with van der Waals surface area (Å²) >= 11 is 0. The number of rotatable bonds is 8. The van der Waals surface area contributed by atoms with Crippen LogP contribution < -0.4 is 14.3 Å². The summed E-state index contributed by atoms with van der Waals surface area (Å²) < 4.78 is 61.6. The minimum Gasteiger partial charge on any atom is -0.466 e. The molecule has 0 aromatic heterocycles. The molecule has 196 valence electrons. The van der Waals surface area contributed by atoms with E-state index < -0.39 is 20.0 Å². The summed E-state index contributed by atoms with van der Waals surface area (Å²) in [6.45, 7) is 3.06. The van der Waals surface area contributed by atoms with Crippen LogP contribution in [0.5, 0.6) is 0 Å². The summed E-state index contributed by atoms with van der Waals surface area (Å²) in [6, 6.07) is 12.0. The molecule has 1 heterocycles. The zero-order valence-electron chi connectivity index (χ0n) is 20.6. The number of ether oxygens (including phenoxy) is 1. The van der Waals surface area contributed by atoms with Gasteiger partial charge in [-0.25, -0.2) is 21.6 Å². The second-order valence-electron chi connectivity index (χ2n) is 9.34. The van der Waals surface area contributed by atoms with Gasteiger partial charge in [0, 0.05) is 24.8 Å². The topological polar surface area (TPSA) is 122 Å². The molecule has 0 spiro atoms. The van der Waals surface area contributed by atoms with Crippen LogP contribution in [0.3, 0.4) is 0 Å². The van der Waals surface area contributed by atoms with E-state index in [9.17, 15) is 21.6 Å². The highest BCUT2D eigenvalue weighted by Gasteiger charge is 2.32. The second-order valence-corrected chi connectivity index (χ2v) is 12.8. The molecule has 0 unspecified atom stereocenters. The van der Waals surface area contributed by atoms with E-state index in [1.165, 1.54) is 6.07 Å². The van der Waals surface area contributed by atoms with E-state index in [4.69, 9.17) is 4.74 Å². The summed E-state index contributed by atoms with van der Waals surface area (Å²) in [5, 5.41) is 0. The third-order valence-electron chi connectivity index (χ3n) is 6.67. The largest absolute Gasteiger partial charge is 0.466 e. The molecule has 0 radical (unpaired) electrons. The van der Waals surface area contributed by atoms with Gasteiger partial charge in [0.2, 0.25) is 20.0 Å². The van der Waals surface area contributed by atoms with Crippen molar-refractivity contribution in [1.29, 1.82) is 0 Å². The number of anilines is 2. The molecule has 1 aliphatic heterocycles. The predicted molar refractivity (Wildman–Crippen MR) is 139 cm³/mol. The van der Waals surface area contributed by atoms with E-state index in [1.807, 2.05) is 29.2 Å². The van der Waals surface area contributed by atoms with Gasteiger partial charge in [-0.15, -0.1) is 0 Å². The minimum absolute atomic E-state index is 0.00814. The molecule has 9 nitrogen and oxygen atoms in total. The number of carbonyl (C=O) groups is 1. The van der Waals surface area contributed by atoms with Crippen molar-refractivity contribution in [2.75, 3.05) is 35.6 Å². The summed E-state index contributed by atoms with van der Waals surface area (Å²) in [7, 11) is -7.61. The molecule has 4 rings (SSSR count). The van der Waals surface area contributed by atoms with Crippen molar-refractivity contribution in [3.05, 3.63) is 53.6 Å². The maximum absolute atomic E-state index is 13.8. The number of aryl methyl sites for hydroxylation is 1. The fourth-order valence-electron chi connectivity index (χ4n) is 5.01. The van der Waals surface area contributed by atoms with Crippen LogP contribution in [0.1, 0.15) is 49.8 Å². The summed E-state index contributed by atoms with van der Waals surface area (Å²) in [4.78, 5) is 14.1. The molecule has 11 heteroatoms. The van der Waals surface area contributed by atoms with Crippen LogP contribution in [-0.4, -0.2) is 48.8 Å². The van der Waals surface area contributed by atoms with E-state index in [-0.39, 0.29) is 28.5 Å². The maximum atomic E-state index is 13.8. The van der Waals surface area contributed by atoms with Gasteiger partial charge >= 0.3 is 5.97 Å². The number of nitrogens with one attached hydrogen (secondary N) is 2. The van der Waals surface area contributed by atoms with Crippen molar-refractivity contribution in [2.45, 2.75) is 50.0 Å². The zero-order chi connectivity index (χ0) is 25.9. The number of hydrogen-bond donors (Lipinski definition) is 2. The van der Waals surface area contributed by atoms with Crippen molar-refractivity contribution in [2.24, 2.45) is 5.92 Å². The van der Waals surface area contributed by atoms with Crippen molar-refractivity contribution < 1.29 is 26.4 Å². The lowest BCUT2D eigenvalue weighted by Gasteiger charge is -2.34. The van der Waals surface area contributed by atoms with Gasteiger partial charge in [-0.1, -0.05) is 24.3 Å². The third kappa shape index (κ3) is 6.19. The molecular weight excluding hydrogens is 502 g/mol. The van der Waals surface area contributed by atoms with Gasteiger partial charge in [-0.3, -0.25) is 9.52 Å². The van der Waals surface area contributed by atoms with E-state index in [0.29, 0.717) is 44.6 Å². The van der Waals surface area contributed by atoms with Crippen molar-refractivity contribution >= 4 is 37.4 Å². The van der Waals surface area contributed by atoms with Gasteiger partial charge in [-0.05, 0) is 68.4 Å². The van der Waals surface area contributed by atoms with Crippen LogP contribution in [-0.2, 0) is 36.0 Å². The third-order valence-corrected chi connectivity index (χ3v) is 8.78. The normalized spacial score (nSPS) is 18.9. The first kappa shape index (κ1) is 26.4. The highest BCUT2D eigenvalue weighted by Crippen LogP contribution is 2.35. The van der Waals surface area contributed by atoms with Gasteiger partial charge < -0.3 is 9.64 Å². The van der Waals surface area contributed by atoms with Crippen LogP contribution in [0, 0.1) is 5.92 Å². The molecule has 0 saturated carbocycles. The number of nitrogens with zero attached hydrogens (tertiary/aromatic N) is 1. The molecule has 1 fully saturated rings. The Kier molecular flexibility index (Phi) is 7.91. The van der Waals surface area contributed by atoms with Gasteiger partial charge in [0.1, 0.15) is 4.90 Å². The SMILES string of the molecule is CCOC(=O)C1CCN(c2ccc(NS(C)(=O)=O)cc2S(=O)(=O)N[C@@H]2CCCc3ccccc32)CC1. The lowest BCUT2D eigenvalue weighted by molar-refractivity contribution is -0.148. The molecular formula is C25H33N3O6S2. The van der Waals surface area contributed by atoms with Crippen LogP contribution in [0.15, 0.2) is 47.4 Å². The molecule has 1 saturated heterocycles. The van der Waals surface area contributed by atoms with E-state index >= 15 is 0 Å². The number of piperidine rings is 1. The maximum Gasteiger partial charge on any atom is 0.309 e. The Hall–Kier alpha value is -2.63. The second kappa shape index (κ2) is 10.8. The summed E-state index contributed by atoms with van der Waals surface area (Å²) in [5.74, 6) is -0.445. The number of esters is 1. The standard InChI is InChI=1S/C25H33N3O6S2/c1-3-34-25(29)19-13-15-28(16-14-19)23-12-11-20(26-35(2,30)31)17-24(23)36(32,33)27-22-10-6-8-18-7-4-5-9-21(18)22/h4-5,7,9,11-12,17,19,22,26-27H,3,6,8,10,13-16H2,1-2H3/t22-/m1/s1. The number of benzene rings is 2. The van der Waals surface area contributed by atoms with Gasteiger partial charge in [0.05, 0.1) is 24.5 Å². The first-order valence-corrected chi connectivity index (χ1v) is 15.6. The van der Waals surface area contributed by atoms with Crippen LogP contribution >= 0.6 is 0 Å². The highest BCUT2D eigenvalue weighted by molar-refractivity contribution is 7.92. The summed E-state index contributed by atoms with van der Waals surface area (Å²) in [5.41, 5.74) is 2.75. The van der Waals surface area contributed by atoms with Crippen LogP contribution in [0.2, 0.25) is 0 Å². The molecule has 2 aromatic carbocycles. The molecule has 0 amide bonds. The Labute approximate surface area is 213 Å². The van der Waals surface area contributed by atoms with Crippen molar-refractivity contribution in [3.8, 4) is 0 Å².